The lowest BCUT2D eigenvalue weighted by molar-refractivity contribution is -0.161. The zero-order chi connectivity index (χ0) is 18.1. The molecule has 0 radical (unpaired) electrons. The Balaban J connectivity index is 1.39. The summed E-state index contributed by atoms with van der Waals surface area (Å²) in [4.78, 5) is 21.2. The second-order valence-corrected chi connectivity index (χ2v) is 7.64. The van der Waals surface area contributed by atoms with E-state index in [-0.39, 0.29) is 11.8 Å². The van der Waals surface area contributed by atoms with E-state index in [1.165, 1.54) is 0 Å². The number of hydrogen-bond acceptors (Lipinski definition) is 4. The fourth-order valence-corrected chi connectivity index (χ4v) is 4.00. The molecule has 1 unspecified atom stereocenters. The molecule has 3 heterocycles. The Kier molecular flexibility index (Phi) is 4.59. The molecular formula is C20H22ClN3O2. The third-order valence-corrected chi connectivity index (χ3v) is 5.59. The number of carbonyl (C=O) groups excluding carboxylic acids is 1. The number of nitrogens with zero attached hydrogens (tertiary/aromatic N) is 3. The third-order valence-electron chi connectivity index (χ3n) is 5.34. The van der Waals surface area contributed by atoms with Crippen LogP contribution in [0.5, 0.6) is 0 Å². The molecule has 1 aromatic heterocycles. The van der Waals surface area contributed by atoms with Crippen molar-refractivity contribution in [2.24, 2.45) is 5.92 Å². The van der Waals surface area contributed by atoms with Gasteiger partial charge in [-0.25, -0.2) is 4.98 Å². The van der Waals surface area contributed by atoms with E-state index < -0.39 is 5.60 Å². The SMILES string of the molecule is O=C(C1CCCN(c2ccccn2)C1)N1CC(O)(c2ccc(Cl)cc2)C1. The van der Waals surface area contributed by atoms with Crippen molar-refractivity contribution < 1.29 is 9.90 Å². The molecule has 2 saturated heterocycles. The summed E-state index contributed by atoms with van der Waals surface area (Å²) in [6.07, 6.45) is 3.64. The second-order valence-electron chi connectivity index (χ2n) is 7.21. The summed E-state index contributed by atoms with van der Waals surface area (Å²) in [5.74, 6) is 1.01. The van der Waals surface area contributed by atoms with Crippen molar-refractivity contribution in [3.05, 3.63) is 59.2 Å². The van der Waals surface area contributed by atoms with Crippen molar-refractivity contribution in [1.29, 1.82) is 0 Å². The van der Waals surface area contributed by atoms with E-state index in [2.05, 4.69) is 9.88 Å². The summed E-state index contributed by atoms with van der Waals surface area (Å²) >= 11 is 5.91. The number of likely N-dealkylation sites (tertiary alicyclic amines) is 1. The number of aliphatic hydroxyl groups is 1. The number of carbonyl (C=O) groups is 1. The number of piperidine rings is 1. The van der Waals surface area contributed by atoms with Crippen molar-refractivity contribution in [2.45, 2.75) is 18.4 Å². The maximum atomic E-state index is 12.9. The number of aromatic nitrogens is 1. The third kappa shape index (κ3) is 3.29. The summed E-state index contributed by atoms with van der Waals surface area (Å²) in [6, 6.07) is 13.0. The summed E-state index contributed by atoms with van der Waals surface area (Å²) < 4.78 is 0. The Morgan fingerprint density at radius 1 is 1.19 bits per heavy atom. The van der Waals surface area contributed by atoms with Crippen LogP contribution in [0.3, 0.4) is 0 Å². The maximum absolute atomic E-state index is 12.9. The first-order chi connectivity index (χ1) is 12.5. The Labute approximate surface area is 158 Å². The average Bonchev–Trinajstić information content (AvgIpc) is 2.66. The van der Waals surface area contributed by atoms with Gasteiger partial charge in [0, 0.05) is 24.3 Å². The van der Waals surface area contributed by atoms with Crippen molar-refractivity contribution >= 4 is 23.3 Å². The van der Waals surface area contributed by atoms with Gasteiger partial charge < -0.3 is 14.9 Å². The van der Waals surface area contributed by atoms with Gasteiger partial charge in [-0.2, -0.15) is 0 Å². The van der Waals surface area contributed by atoms with Gasteiger partial charge in [0.2, 0.25) is 5.91 Å². The fraction of sp³-hybridized carbons (Fsp3) is 0.400. The minimum Gasteiger partial charge on any atom is -0.381 e. The molecule has 2 fully saturated rings. The lowest BCUT2D eigenvalue weighted by atomic mass is 9.84. The molecule has 26 heavy (non-hydrogen) atoms. The highest BCUT2D eigenvalue weighted by Crippen LogP contribution is 2.34. The number of amides is 1. The minimum absolute atomic E-state index is 0.0412. The fourth-order valence-electron chi connectivity index (χ4n) is 3.87. The monoisotopic (exact) mass is 371 g/mol. The highest BCUT2D eigenvalue weighted by Gasteiger charge is 2.46. The van der Waals surface area contributed by atoms with Crippen LogP contribution in [0.1, 0.15) is 18.4 Å². The molecule has 1 amide bonds. The Morgan fingerprint density at radius 3 is 2.65 bits per heavy atom. The zero-order valence-corrected chi connectivity index (χ0v) is 15.3. The first kappa shape index (κ1) is 17.3. The molecule has 0 spiro atoms. The van der Waals surface area contributed by atoms with E-state index >= 15 is 0 Å². The van der Waals surface area contributed by atoms with Crippen LogP contribution in [-0.4, -0.2) is 47.1 Å². The van der Waals surface area contributed by atoms with E-state index in [1.807, 2.05) is 30.3 Å². The molecule has 2 aliphatic heterocycles. The average molecular weight is 372 g/mol. The molecule has 1 N–H and O–H groups in total. The predicted octanol–water partition coefficient (Wildman–Crippen LogP) is 2.68. The lowest BCUT2D eigenvalue weighted by Crippen LogP contribution is -2.63. The molecule has 2 aliphatic rings. The molecule has 6 heteroatoms. The summed E-state index contributed by atoms with van der Waals surface area (Å²) in [7, 11) is 0. The molecule has 2 aromatic rings. The van der Waals surface area contributed by atoms with Crippen LogP contribution in [0.15, 0.2) is 48.7 Å². The Hall–Kier alpha value is -2.11. The highest BCUT2D eigenvalue weighted by atomic mass is 35.5. The molecule has 0 bridgehead atoms. The normalized spacial score (nSPS) is 22.0. The molecule has 1 atom stereocenters. The van der Waals surface area contributed by atoms with Gasteiger partial charge in [0.15, 0.2) is 0 Å². The molecule has 0 saturated carbocycles. The number of hydrogen-bond donors (Lipinski definition) is 1. The molecular weight excluding hydrogens is 350 g/mol. The predicted molar refractivity (Wildman–Crippen MR) is 101 cm³/mol. The van der Waals surface area contributed by atoms with E-state index in [1.54, 1.807) is 23.2 Å². The van der Waals surface area contributed by atoms with Crippen LogP contribution in [0.4, 0.5) is 5.82 Å². The highest BCUT2D eigenvalue weighted by molar-refractivity contribution is 6.30. The van der Waals surface area contributed by atoms with Crippen LogP contribution in [0.2, 0.25) is 5.02 Å². The standard InChI is InChI=1S/C20H22ClN3O2/c21-17-8-6-16(7-9-17)20(26)13-24(14-20)19(25)15-4-3-11-23(12-15)18-5-1-2-10-22-18/h1-2,5-10,15,26H,3-4,11-14H2. The van der Waals surface area contributed by atoms with Gasteiger partial charge in [0.05, 0.1) is 19.0 Å². The molecule has 4 rings (SSSR count). The smallest absolute Gasteiger partial charge is 0.227 e. The molecule has 1 aromatic carbocycles. The number of anilines is 1. The Morgan fingerprint density at radius 2 is 1.96 bits per heavy atom. The van der Waals surface area contributed by atoms with Gasteiger partial charge in [-0.15, -0.1) is 0 Å². The lowest BCUT2D eigenvalue weighted by Gasteiger charge is -2.48. The number of benzene rings is 1. The van der Waals surface area contributed by atoms with E-state index in [0.29, 0.717) is 24.7 Å². The maximum Gasteiger partial charge on any atom is 0.227 e. The molecule has 136 valence electrons. The van der Waals surface area contributed by atoms with Gasteiger partial charge in [-0.3, -0.25) is 4.79 Å². The van der Waals surface area contributed by atoms with Gasteiger partial charge >= 0.3 is 0 Å². The van der Waals surface area contributed by atoms with E-state index in [9.17, 15) is 9.90 Å². The van der Waals surface area contributed by atoms with Crippen molar-refractivity contribution in [2.75, 3.05) is 31.1 Å². The second kappa shape index (κ2) is 6.89. The topological polar surface area (TPSA) is 56.7 Å². The van der Waals surface area contributed by atoms with Crippen LogP contribution in [0.25, 0.3) is 0 Å². The first-order valence-electron chi connectivity index (χ1n) is 8.98. The van der Waals surface area contributed by atoms with Crippen molar-refractivity contribution in [1.82, 2.24) is 9.88 Å². The number of rotatable bonds is 3. The number of pyridine rings is 1. The van der Waals surface area contributed by atoms with Crippen LogP contribution >= 0.6 is 11.6 Å². The van der Waals surface area contributed by atoms with Crippen molar-refractivity contribution in [3.63, 3.8) is 0 Å². The number of halogens is 1. The van der Waals surface area contributed by atoms with Gasteiger partial charge in [0.1, 0.15) is 11.4 Å². The zero-order valence-electron chi connectivity index (χ0n) is 14.5. The largest absolute Gasteiger partial charge is 0.381 e. The van der Waals surface area contributed by atoms with Gasteiger partial charge in [0.25, 0.3) is 0 Å². The minimum atomic E-state index is -0.963. The summed E-state index contributed by atoms with van der Waals surface area (Å²) in [6.45, 7) is 2.29. The first-order valence-corrected chi connectivity index (χ1v) is 9.36. The van der Waals surface area contributed by atoms with Crippen LogP contribution < -0.4 is 4.90 Å². The summed E-state index contributed by atoms with van der Waals surface area (Å²) in [5.41, 5.74) is -0.153. The Bertz CT molecular complexity index is 775. The van der Waals surface area contributed by atoms with Gasteiger partial charge in [-0.05, 0) is 42.7 Å². The quantitative estimate of drug-likeness (QED) is 0.901. The molecule has 0 aliphatic carbocycles. The van der Waals surface area contributed by atoms with Crippen molar-refractivity contribution in [3.8, 4) is 0 Å². The van der Waals surface area contributed by atoms with E-state index in [0.717, 1.165) is 30.8 Å². The van der Waals surface area contributed by atoms with Gasteiger partial charge in [-0.1, -0.05) is 29.8 Å². The molecule has 5 nitrogen and oxygen atoms in total. The van der Waals surface area contributed by atoms with E-state index in [4.69, 9.17) is 11.6 Å². The van der Waals surface area contributed by atoms with Crippen LogP contribution in [0, 0.1) is 5.92 Å². The number of β-amino-alcohol motifs (C(OH)–C–C–N with tert-alkyl or cyclic N) is 1. The van der Waals surface area contributed by atoms with Crippen LogP contribution in [-0.2, 0) is 10.4 Å². The summed E-state index contributed by atoms with van der Waals surface area (Å²) in [5, 5.41) is 11.4.